The quantitative estimate of drug-likeness (QED) is 0.665. The lowest BCUT2D eigenvalue weighted by Crippen LogP contribution is -2.46. The molecule has 0 aromatic heterocycles. The number of hydrogen-bond donors (Lipinski definition) is 3. The average molecular weight is 300 g/mol. The summed E-state index contributed by atoms with van der Waals surface area (Å²) in [6.45, 7) is 9.01. The molecule has 0 aromatic rings. The van der Waals surface area contributed by atoms with Gasteiger partial charge in [0.15, 0.2) is 0 Å². The van der Waals surface area contributed by atoms with Gasteiger partial charge in [-0.3, -0.25) is 4.79 Å². The second-order valence-corrected chi connectivity index (χ2v) is 7.31. The minimum atomic E-state index is -0.565. The van der Waals surface area contributed by atoms with Crippen LogP contribution >= 0.6 is 0 Å². The summed E-state index contributed by atoms with van der Waals surface area (Å²) in [5.74, 6) is 0.664. The molecule has 3 N–H and O–H groups in total. The molecule has 0 saturated heterocycles. The lowest BCUT2D eigenvalue weighted by molar-refractivity contribution is -0.121. The van der Waals surface area contributed by atoms with Gasteiger partial charge >= 0.3 is 0 Å². The summed E-state index contributed by atoms with van der Waals surface area (Å²) >= 11 is 0. The van der Waals surface area contributed by atoms with Crippen LogP contribution in [0.1, 0.15) is 53.4 Å². The zero-order valence-corrected chi connectivity index (χ0v) is 13.9. The van der Waals surface area contributed by atoms with E-state index in [1.54, 1.807) is 0 Å². The fourth-order valence-electron chi connectivity index (χ4n) is 2.65. The smallest absolute Gasteiger partial charge is 0.234 e. The Balaban J connectivity index is 2.08. The van der Waals surface area contributed by atoms with Crippen LogP contribution < -0.4 is 10.6 Å². The van der Waals surface area contributed by atoms with Crippen LogP contribution in [-0.2, 0) is 9.53 Å². The van der Waals surface area contributed by atoms with Gasteiger partial charge < -0.3 is 20.5 Å². The summed E-state index contributed by atoms with van der Waals surface area (Å²) < 4.78 is 5.76. The Morgan fingerprint density at radius 1 is 1.38 bits per heavy atom. The lowest BCUT2D eigenvalue weighted by Gasteiger charge is -2.27. The molecule has 0 bridgehead atoms. The van der Waals surface area contributed by atoms with Gasteiger partial charge in [0.25, 0.3) is 0 Å². The highest BCUT2D eigenvalue weighted by Gasteiger charge is 2.20. The molecule has 0 spiro atoms. The molecular formula is C16H32N2O3. The highest BCUT2D eigenvalue weighted by molar-refractivity contribution is 5.78. The van der Waals surface area contributed by atoms with Gasteiger partial charge in [-0.25, -0.2) is 0 Å². The molecule has 0 radical (unpaired) electrons. The third-order valence-electron chi connectivity index (χ3n) is 3.59. The molecule has 0 aromatic carbocycles. The lowest BCUT2D eigenvalue weighted by atomic mass is 9.89. The van der Waals surface area contributed by atoms with Crippen LogP contribution in [0.2, 0.25) is 0 Å². The van der Waals surface area contributed by atoms with Crippen LogP contribution in [0.5, 0.6) is 0 Å². The van der Waals surface area contributed by atoms with Crippen LogP contribution in [0.15, 0.2) is 0 Å². The maximum atomic E-state index is 11.6. The van der Waals surface area contributed by atoms with Crippen LogP contribution in [0.3, 0.4) is 0 Å². The van der Waals surface area contributed by atoms with E-state index in [-0.39, 0.29) is 24.1 Å². The minimum Gasteiger partial charge on any atom is -0.389 e. The summed E-state index contributed by atoms with van der Waals surface area (Å²) in [6.07, 6.45) is 4.41. The fraction of sp³-hybridized carbons (Fsp3) is 0.938. The number of carbonyl (C=O) groups is 1. The van der Waals surface area contributed by atoms with E-state index in [9.17, 15) is 9.90 Å². The first-order valence-corrected chi connectivity index (χ1v) is 8.07. The molecule has 21 heavy (non-hydrogen) atoms. The summed E-state index contributed by atoms with van der Waals surface area (Å²) in [4.78, 5) is 11.6. The molecule has 1 rings (SSSR count). The second-order valence-electron chi connectivity index (χ2n) is 7.31. The maximum Gasteiger partial charge on any atom is 0.234 e. The monoisotopic (exact) mass is 300 g/mol. The van der Waals surface area contributed by atoms with Crippen molar-refractivity contribution in [3.63, 3.8) is 0 Å². The van der Waals surface area contributed by atoms with Crippen LogP contribution in [0.25, 0.3) is 0 Å². The van der Waals surface area contributed by atoms with Crippen molar-refractivity contribution < 1.29 is 14.6 Å². The van der Waals surface area contributed by atoms with Gasteiger partial charge in [-0.1, -0.05) is 19.8 Å². The van der Waals surface area contributed by atoms with E-state index in [0.29, 0.717) is 13.2 Å². The molecule has 124 valence electrons. The zero-order chi connectivity index (χ0) is 15.9. The van der Waals surface area contributed by atoms with Crippen molar-refractivity contribution in [2.45, 2.75) is 71.1 Å². The van der Waals surface area contributed by atoms with E-state index in [1.807, 2.05) is 20.8 Å². The molecule has 1 aliphatic carbocycles. The Morgan fingerprint density at radius 3 is 2.71 bits per heavy atom. The Morgan fingerprint density at radius 2 is 2.10 bits per heavy atom. The van der Waals surface area contributed by atoms with Gasteiger partial charge in [-0.15, -0.1) is 0 Å². The normalized spacial score (nSPS) is 24.6. The number of ether oxygens (including phenoxy) is 1. The largest absolute Gasteiger partial charge is 0.389 e. The average Bonchev–Trinajstić information content (AvgIpc) is 2.34. The highest BCUT2D eigenvalue weighted by atomic mass is 16.5. The van der Waals surface area contributed by atoms with Crippen molar-refractivity contribution >= 4 is 5.91 Å². The van der Waals surface area contributed by atoms with Crippen molar-refractivity contribution in [3.8, 4) is 0 Å². The maximum absolute atomic E-state index is 11.6. The number of hydrogen-bond acceptors (Lipinski definition) is 4. The van der Waals surface area contributed by atoms with Crippen LogP contribution in [0.4, 0.5) is 0 Å². The van der Waals surface area contributed by atoms with Crippen molar-refractivity contribution in [2.75, 3.05) is 19.7 Å². The van der Waals surface area contributed by atoms with Gasteiger partial charge in [-0.2, -0.15) is 0 Å². The highest BCUT2D eigenvalue weighted by Crippen LogP contribution is 2.25. The first-order chi connectivity index (χ1) is 9.76. The summed E-state index contributed by atoms with van der Waals surface area (Å²) in [5.41, 5.74) is -0.224. The van der Waals surface area contributed by atoms with Crippen LogP contribution in [0, 0.1) is 5.92 Å². The third-order valence-corrected chi connectivity index (χ3v) is 3.59. The van der Waals surface area contributed by atoms with Gasteiger partial charge in [0.05, 0.1) is 25.4 Å². The zero-order valence-electron chi connectivity index (χ0n) is 13.9. The Labute approximate surface area is 128 Å². The molecule has 0 heterocycles. The predicted octanol–water partition coefficient (Wildman–Crippen LogP) is 1.45. The predicted molar refractivity (Wildman–Crippen MR) is 84.1 cm³/mol. The number of aliphatic hydroxyl groups excluding tert-OH is 1. The van der Waals surface area contributed by atoms with Gasteiger partial charge in [0.1, 0.15) is 0 Å². The molecule has 5 heteroatoms. The number of amides is 1. The van der Waals surface area contributed by atoms with E-state index in [2.05, 4.69) is 17.6 Å². The van der Waals surface area contributed by atoms with E-state index < -0.39 is 6.10 Å². The molecule has 1 fully saturated rings. The first kappa shape index (κ1) is 18.4. The number of aliphatic hydroxyl groups is 1. The molecule has 1 aliphatic rings. The Hall–Kier alpha value is -0.650. The molecule has 0 aliphatic heterocycles. The van der Waals surface area contributed by atoms with Gasteiger partial charge in [0.2, 0.25) is 5.91 Å². The third kappa shape index (κ3) is 9.06. The van der Waals surface area contributed by atoms with E-state index in [0.717, 1.165) is 18.8 Å². The Bertz CT molecular complexity index is 315. The minimum absolute atomic E-state index is 0.0586. The standard InChI is InChI=1S/C16H32N2O3/c1-12-6-5-7-14(8-12)21-11-13(19)9-17-10-15(20)18-16(2,3)4/h12-14,17,19H,5-11H2,1-4H3,(H,18,20). The van der Waals surface area contributed by atoms with E-state index in [4.69, 9.17) is 4.74 Å². The number of nitrogens with one attached hydrogen (secondary N) is 2. The van der Waals surface area contributed by atoms with Crippen LogP contribution in [-0.4, -0.2) is 48.5 Å². The van der Waals surface area contributed by atoms with E-state index >= 15 is 0 Å². The number of rotatable bonds is 7. The molecule has 1 amide bonds. The Kier molecular flexibility index (Phi) is 7.63. The SMILES string of the molecule is CC1CCCC(OCC(O)CNCC(=O)NC(C)(C)C)C1. The summed E-state index contributed by atoms with van der Waals surface area (Å²) in [7, 11) is 0. The fourth-order valence-corrected chi connectivity index (χ4v) is 2.65. The summed E-state index contributed by atoms with van der Waals surface area (Å²) in [5, 5.41) is 15.7. The molecule has 5 nitrogen and oxygen atoms in total. The molecule has 1 saturated carbocycles. The number of carbonyl (C=O) groups excluding carboxylic acids is 1. The van der Waals surface area contributed by atoms with Gasteiger partial charge in [-0.05, 0) is 39.5 Å². The molecule has 3 unspecified atom stereocenters. The van der Waals surface area contributed by atoms with Crippen molar-refractivity contribution in [1.29, 1.82) is 0 Å². The van der Waals surface area contributed by atoms with Gasteiger partial charge in [0, 0.05) is 12.1 Å². The topological polar surface area (TPSA) is 70.6 Å². The van der Waals surface area contributed by atoms with E-state index in [1.165, 1.54) is 12.8 Å². The van der Waals surface area contributed by atoms with Crippen molar-refractivity contribution in [1.82, 2.24) is 10.6 Å². The van der Waals surface area contributed by atoms with Crippen molar-refractivity contribution in [2.24, 2.45) is 5.92 Å². The summed E-state index contributed by atoms with van der Waals surface area (Å²) in [6, 6.07) is 0. The second kappa shape index (κ2) is 8.71. The van der Waals surface area contributed by atoms with Crippen molar-refractivity contribution in [3.05, 3.63) is 0 Å². The molecule has 3 atom stereocenters. The molecular weight excluding hydrogens is 268 g/mol. The first-order valence-electron chi connectivity index (χ1n) is 8.07.